The molecule has 1 saturated carbocycles. The van der Waals surface area contributed by atoms with Crippen LogP contribution in [0, 0.1) is 0 Å². The first-order valence-corrected chi connectivity index (χ1v) is 9.17. The van der Waals surface area contributed by atoms with Crippen molar-refractivity contribution in [3.8, 4) is 0 Å². The molecule has 0 bridgehead atoms. The van der Waals surface area contributed by atoms with Crippen LogP contribution < -0.4 is 5.32 Å². The maximum absolute atomic E-state index is 15.2. The Morgan fingerprint density at radius 1 is 1.24 bits per heavy atom. The summed E-state index contributed by atoms with van der Waals surface area (Å²) in [6.07, 6.45) is -2.87. The van der Waals surface area contributed by atoms with Crippen molar-refractivity contribution in [3.63, 3.8) is 0 Å². The smallest absolute Gasteiger partial charge is 0.416 e. The molecule has 10 heteroatoms. The van der Waals surface area contributed by atoms with Gasteiger partial charge in [0.2, 0.25) is 0 Å². The monoisotopic (exact) mass is 431 g/mol. The van der Waals surface area contributed by atoms with Crippen molar-refractivity contribution >= 4 is 23.4 Å². The summed E-state index contributed by atoms with van der Waals surface area (Å²) in [5.41, 5.74) is -3.41. The maximum Gasteiger partial charge on any atom is 0.416 e. The van der Waals surface area contributed by atoms with Gasteiger partial charge < -0.3 is 10.1 Å². The highest BCUT2D eigenvalue weighted by atomic mass is 35.5. The van der Waals surface area contributed by atoms with E-state index in [1.54, 1.807) is 0 Å². The van der Waals surface area contributed by atoms with E-state index >= 15 is 4.39 Å². The summed E-state index contributed by atoms with van der Waals surface area (Å²) in [6, 6.07) is 4.06. The minimum absolute atomic E-state index is 0.0276. The van der Waals surface area contributed by atoms with Crippen LogP contribution in [-0.4, -0.2) is 29.6 Å². The van der Waals surface area contributed by atoms with Crippen LogP contribution in [-0.2, 0) is 16.6 Å². The van der Waals surface area contributed by atoms with E-state index in [-0.39, 0.29) is 28.0 Å². The molecule has 5 nitrogen and oxygen atoms in total. The zero-order chi connectivity index (χ0) is 21.4. The average molecular weight is 432 g/mol. The Balaban J connectivity index is 1.87. The van der Waals surface area contributed by atoms with Crippen LogP contribution in [0.1, 0.15) is 53.1 Å². The predicted molar refractivity (Wildman–Crippen MR) is 98.8 cm³/mol. The molecule has 156 valence electrons. The molecule has 0 spiro atoms. The third-order valence-electron chi connectivity index (χ3n) is 4.57. The van der Waals surface area contributed by atoms with Crippen LogP contribution in [0.15, 0.2) is 24.3 Å². The fourth-order valence-corrected chi connectivity index (χ4v) is 2.94. The molecule has 1 aromatic carbocycles. The highest BCUT2D eigenvalue weighted by Crippen LogP contribution is 2.40. The number of benzene rings is 1. The summed E-state index contributed by atoms with van der Waals surface area (Å²) >= 11 is 6.18. The van der Waals surface area contributed by atoms with Gasteiger partial charge in [-0.1, -0.05) is 23.7 Å². The number of anilines is 1. The maximum atomic E-state index is 15.2. The van der Waals surface area contributed by atoms with Crippen LogP contribution in [0.3, 0.4) is 0 Å². The molecule has 29 heavy (non-hydrogen) atoms. The summed E-state index contributed by atoms with van der Waals surface area (Å²) in [5.74, 6) is -0.267. The van der Waals surface area contributed by atoms with Gasteiger partial charge in [0.05, 0.1) is 19.2 Å². The van der Waals surface area contributed by atoms with Crippen LogP contribution in [0.4, 0.5) is 23.4 Å². The average Bonchev–Trinajstić information content (AvgIpc) is 3.51. The van der Waals surface area contributed by atoms with E-state index in [2.05, 4.69) is 20.0 Å². The Bertz CT molecular complexity index is 930. The van der Waals surface area contributed by atoms with Crippen molar-refractivity contribution in [3.05, 3.63) is 51.9 Å². The zero-order valence-electron chi connectivity index (χ0n) is 15.6. The summed E-state index contributed by atoms with van der Waals surface area (Å²) < 4.78 is 58.6. The number of carbonyl (C=O) groups is 1. The lowest BCUT2D eigenvalue weighted by molar-refractivity contribution is -0.137. The van der Waals surface area contributed by atoms with Crippen LogP contribution in [0.2, 0.25) is 5.02 Å². The van der Waals surface area contributed by atoms with Gasteiger partial charge in [-0.2, -0.15) is 13.2 Å². The fourth-order valence-electron chi connectivity index (χ4n) is 2.71. The van der Waals surface area contributed by atoms with Crippen molar-refractivity contribution in [2.45, 2.75) is 37.5 Å². The van der Waals surface area contributed by atoms with E-state index in [1.165, 1.54) is 13.2 Å². The number of esters is 1. The zero-order valence-corrected chi connectivity index (χ0v) is 16.4. The topological polar surface area (TPSA) is 64.1 Å². The first kappa shape index (κ1) is 21.3. The lowest BCUT2D eigenvalue weighted by Gasteiger charge is -2.23. The molecule has 1 heterocycles. The number of aromatic nitrogens is 2. The Morgan fingerprint density at radius 2 is 1.90 bits per heavy atom. The molecule has 1 fully saturated rings. The molecular formula is C19H18ClF4N3O2. The molecule has 2 aromatic rings. The Morgan fingerprint density at radius 3 is 2.48 bits per heavy atom. The number of methoxy groups -OCH3 is 1. The fraction of sp³-hybridized carbons (Fsp3) is 0.421. The van der Waals surface area contributed by atoms with Crippen molar-refractivity contribution in [2.75, 3.05) is 19.0 Å². The quantitative estimate of drug-likeness (QED) is 0.508. The van der Waals surface area contributed by atoms with Gasteiger partial charge in [-0.3, -0.25) is 0 Å². The second kappa shape index (κ2) is 7.78. The SMILES string of the molecule is COC(=O)c1nc(C2CC2)nc(NCC(C)(F)c2cccc(C(F)(F)F)c2)c1Cl. The van der Waals surface area contributed by atoms with E-state index in [0.29, 0.717) is 5.82 Å². The highest BCUT2D eigenvalue weighted by molar-refractivity contribution is 6.35. The summed E-state index contributed by atoms with van der Waals surface area (Å²) in [7, 11) is 1.18. The molecule has 1 aliphatic carbocycles. The summed E-state index contributed by atoms with van der Waals surface area (Å²) in [6.45, 7) is 0.726. The second-order valence-electron chi connectivity index (χ2n) is 6.99. The Hall–Kier alpha value is -2.42. The lowest BCUT2D eigenvalue weighted by Crippen LogP contribution is -2.27. The van der Waals surface area contributed by atoms with E-state index < -0.39 is 29.9 Å². The molecule has 0 amide bonds. The molecule has 1 unspecified atom stereocenters. The van der Waals surface area contributed by atoms with Gasteiger partial charge in [0.15, 0.2) is 5.69 Å². The first-order valence-electron chi connectivity index (χ1n) is 8.79. The minimum Gasteiger partial charge on any atom is -0.464 e. The minimum atomic E-state index is -4.58. The van der Waals surface area contributed by atoms with Crippen molar-refractivity contribution in [1.29, 1.82) is 0 Å². The van der Waals surface area contributed by atoms with Gasteiger partial charge in [-0.25, -0.2) is 19.2 Å². The third kappa shape index (κ3) is 4.77. The number of carbonyl (C=O) groups excluding carboxylic acids is 1. The van der Waals surface area contributed by atoms with E-state index in [4.69, 9.17) is 11.6 Å². The number of ether oxygens (including phenoxy) is 1. The number of hydrogen-bond donors (Lipinski definition) is 1. The Labute approximate surface area is 169 Å². The second-order valence-corrected chi connectivity index (χ2v) is 7.37. The number of halogens is 5. The predicted octanol–water partition coefficient (Wildman–Crippen LogP) is 5.11. The highest BCUT2D eigenvalue weighted by Gasteiger charge is 2.34. The normalized spacial score (nSPS) is 16.2. The van der Waals surface area contributed by atoms with Crippen LogP contribution in [0.5, 0.6) is 0 Å². The molecular weight excluding hydrogens is 414 g/mol. The Kier molecular flexibility index (Phi) is 5.71. The van der Waals surface area contributed by atoms with E-state index in [1.807, 2.05) is 0 Å². The largest absolute Gasteiger partial charge is 0.464 e. The standard InChI is InChI=1S/C19H18ClF4N3O2/c1-18(21,11-4-3-5-12(8-11)19(22,23)24)9-25-16-13(20)14(17(28)29-2)26-15(27-16)10-6-7-10/h3-5,8,10H,6-7,9H2,1-2H3,(H,25,26,27). The van der Waals surface area contributed by atoms with E-state index in [0.717, 1.165) is 38.0 Å². The van der Waals surface area contributed by atoms with E-state index in [9.17, 15) is 18.0 Å². The molecule has 0 aliphatic heterocycles. The molecule has 0 radical (unpaired) electrons. The number of rotatable bonds is 6. The number of nitrogens with zero attached hydrogens (tertiary/aromatic N) is 2. The molecule has 1 aliphatic rings. The number of alkyl halides is 4. The number of hydrogen-bond acceptors (Lipinski definition) is 5. The van der Waals surface area contributed by atoms with Gasteiger partial charge in [-0.05, 0) is 37.5 Å². The van der Waals surface area contributed by atoms with Crippen molar-refractivity contribution < 1.29 is 27.1 Å². The van der Waals surface area contributed by atoms with Gasteiger partial charge in [0.1, 0.15) is 22.3 Å². The van der Waals surface area contributed by atoms with Crippen LogP contribution >= 0.6 is 11.6 Å². The van der Waals surface area contributed by atoms with Crippen molar-refractivity contribution in [2.24, 2.45) is 0 Å². The molecule has 3 rings (SSSR count). The van der Waals surface area contributed by atoms with Gasteiger partial charge in [0.25, 0.3) is 0 Å². The van der Waals surface area contributed by atoms with Gasteiger partial charge in [-0.15, -0.1) is 0 Å². The molecule has 1 N–H and O–H groups in total. The molecule has 1 aromatic heterocycles. The lowest BCUT2D eigenvalue weighted by atomic mass is 9.96. The summed E-state index contributed by atoms with van der Waals surface area (Å²) in [4.78, 5) is 20.3. The van der Waals surface area contributed by atoms with Crippen LogP contribution in [0.25, 0.3) is 0 Å². The molecule has 1 atom stereocenters. The third-order valence-corrected chi connectivity index (χ3v) is 4.93. The summed E-state index contributed by atoms with van der Waals surface area (Å²) in [5, 5.41) is 2.57. The number of nitrogens with one attached hydrogen (secondary N) is 1. The van der Waals surface area contributed by atoms with Crippen molar-refractivity contribution in [1.82, 2.24) is 9.97 Å². The first-order chi connectivity index (χ1) is 13.5. The van der Waals surface area contributed by atoms with Gasteiger partial charge >= 0.3 is 12.1 Å². The molecule has 0 saturated heterocycles. The van der Waals surface area contributed by atoms with Gasteiger partial charge in [0, 0.05) is 5.92 Å².